The van der Waals surface area contributed by atoms with E-state index in [4.69, 9.17) is 5.11 Å². The first-order valence-electron chi connectivity index (χ1n) is 3.21. The van der Waals surface area contributed by atoms with Gasteiger partial charge in [0, 0.05) is 11.6 Å². The summed E-state index contributed by atoms with van der Waals surface area (Å²) in [6.07, 6.45) is 1.52. The topological polar surface area (TPSA) is 63.1 Å². The van der Waals surface area contributed by atoms with Crippen molar-refractivity contribution >= 4 is 27.5 Å². The summed E-state index contributed by atoms with van der Waals surface area (Å²) < 4.78 is 0. The molecule has 12 heavy (non-hydrogen) atoms. The Morgan fingerprint density at radius 2 is 2.42 bits per heavy atom. The van der Waals surface area contributed by atoms with Gasteiger partial charge in [-0.25, -0.2) is 14.8 Å². The van der Waals surface area contributed by atoms with E-state index in [2.05, 4.69) is 9.97 Å². The van der Waals surface area contributed by atoms with Crippen molar-refractivity contribution in [1.29, 1.82) is 0 Å². The van der Waals surface area contributed by atoms with Crippen LogP contribution in [0.4, 0.5) is 0 Å². The number of nitrogens with zero attached hydrogens (tertiary/aromatic N) is 2. The Balaban J connectivity index is 2.68. The molecule has 0 aliphatic heterocycles. The number of aromatic carboxylic acids is 1. The predicted octanol–water partition coefficient (Wildman–Crippen LogP) is 1.39. The van der Waals surface area contributed by atoms with Crippen LogP contribution >= 0.6 is 11.3 Å². The van der Waals surface area contributed by atoms with Gasteiger partial charge in [-0.15, -0.1) is 11.3 Å². The molecule has 4 nitrogen and oxygen atoms in total. The number of hydrogen-bond acceptors (Lipinski definition) is 4. The average molecular weight is 180 g/mol. The fraction of sp³-hybridized carbons (Fsp3) is 0. The lowest BCUT2D eigenvalue weighted by Crippen LogP contribution is -2.02. The Bertz CT molecular complexity index is 438. The Hall–Kier alpha value is -1.49. The third kappa shape index (κ3) is 1.04. The van der Waals surface area contributed by atoms with Gasteiger partial charge in [-0.3, -0.25) is 0 Å². The maximum atomic E-state index is 10.4. The molecule has 0 saturated carbocycles. The van der Waals surface area contributed by atoms with Crippen LogP contribution in [0.25, 0.3) is 10.2 Å². The van der Waals surface area contributed by atoms with Crippen LogP contribution in [0.5, 0.6) is 0 Å². The zero-order valence-electron chi connectivity index (χ0n) is 5.89. The van der Waals surface area contributed by atoms with E-state index in [9.17, 15) is 4.79 Å². The molecule has 2 rings (SSSR count). The number of hydrogen-bond donors (Lipinski definition) is 1. The lowest BCUT2D eigenvalue weighted by Gasteiger charge is -1.90. The highest BCUT2D eigenvalue weighted by Crippen LogP contribution is 2.16. The molecule has 0 saturated heterocycles. The first-order valence-corrected chi connectivity index (χ1v) is 4.09. The number of carboxylic acid groups (broad SMARTS) is 1. The summed E-state index contributed by atoms with van der Waals surface area (Å²) >= 11 is 1.40. The maximum Gasteiger partial charge on any atom is 0.373 e. The van der Waals surface area contributed by atoms with Gasteiger partial charge in [-0.05, 0) is 11.4 Å². The minimum atomic E-state index is -1.09. The largest absolute Gasteiger partial charge is 0.475 e. The molecule has 0 aliphatic carbocycles. The summed E-state index contributed by atoms with van der Waals surface area (Å²) in [7, 11) is 0. The van der Waals surface area contributed by atoms with Crippen molar-refractivity contribution in [2.75, 3.05) is 0 Å². The van der Waals surface area contributed by atoms with Crippen molar-refractivity contribution in [3.8, 4) is 0 Å². The second-order valence-corrected chi connectivity index (χ2v) is 3.07. The molecule has 0 aromatic carbocycles. The molecular weight excluding hydrogens is 176 g/mol. The van der Waals surface area contributed by atoms with E-state index in [1.807, 2.05) is 11.4 Å². The zero-order valence-corrected chi connectivity index (χ0v) is 6.71. The number of fused-ring (bicyclic) bond motifs is 1. The maximum absolute atomic E-state index is 10.4. The van der Waals surface area contributed by atoms with Crippen LogP contribution in [0.15, 0.2) is 17.6 Å². The highest BCUT2D eigenvalue weighted by molar-refractivity contribution is 7.16. The summed E-state index contributed by atoms with van der Waals surface area (Å²) in [6, 6.07) is 1.85. The monoisotopic (exact) mass is 180 g/mol. The van der Waals surface area contributed by atoms with Crippen molar-refractivity contribution in [1.82, 2.24) is 9.97 Å². The molecule has 0 spiro atoms. The first kappa shape index (κ1) is 7.17. The number of carbonyl (C=O) groups is 1. The molecule has 5 heteroatoms. The minimum absolute atomic E-state index is 0.148. The molecule has 60 valence electrons. The van der Waals surface area contributed by atoms with Crippen molar-refractivity contribution in [2.45, 2.75) is 0 Å². The Kier molecular flexibility index (Phi) is 1.51. The van der Waals surface area contributed by atoms with Gasteiger partial charge in [-0.2, -0.15) is 0 Å². The van der Waals surface area contributed by atoms with Crippen LogP contribution < -0.4 is 0 Å². The summed E-state index contributed by atoms with van der Waals surface area (Å²) in [6.45, 7) is 0. The fourth-order valence-corrected chi connectivity index (χ4v) is 1.60. The molecule has 0 fully saturated rings. The SMILES string of the molecule is O=C(O)c1ncc2ccsc2n1. The Labute approximate surface area is 71.5 Å². The van der Waals surface area contributed by atoms with Crippen LogP contribution in [-0.2, 0) is 0 Å². The molecule has 0 unspecified atom stereocenters. The van der Waals surface area contributed by atoms with Gasteiger partial charge in [0.05, 0.1) is 0 Å². The number of thiophene rings is 1. The normalized spacial score (nSPS) is 10.3. The van der Waals surface area contributed by atoms with E-state index in [0.717, 1.165) is 5.39 Å². The van der Waals surface area contributed by atoms with Crippen LogP contribution in [0.1, 0.15) is 10.6 Å². The summed E-state index contributed by atoms with van der Waals surface area (Å²) in [5, 5.41) is 11.3. The molecular formula is C7H4N2O2S. The quantitative estimate of drug-likeness (QED) is 0.720. The molecule has 0 atom stereocenters. The smallest absolute Gasteiger partial charge is 0.373 e. The van der Waals surface area contributed by atoms with Gasteiger partial charge >= 0.3 is 5.97 Å². The van der Waals surface area contributed by atoms with Crippen molar-refractivity contribution in [2.24, 2.45) is 0 Å². The van der Waals surface area contributed by atoms with Gasteiger partial charge < -0.3 is 5.11 Å². The lowest BCUT2D eigenvalue weighted by atomic mass is 10.4. The van der Waals surface area contributed by atoms with Gasteiger partial charge in [0.15, 0.2) is 0 Å². The Morgan fingerprint density at radius 1 is 1.58 bits per heavy atom. The van der Waals surface area contributed by atoms with Gasteiger partial charge in [0.25, 0.3) is 0 Å². The standard InChI is InChI=1S/C7H4N2O2S/c10-7(11)5-8-3-4-1-2-12-6(4)9-5/h1-3H,(H,10,11). The van der Waals surface area contributed by atoms with Gasteiger partial charge in [-0.1, -0.05) is 0 Å². The average Bonchev–Trinajstić information content (AvgIpc) is 2.49. The van der Waals surface area contributed by atoms with E-state index < -0.39 is 5.97 Å². The number of carboxylic acids is 1. The third-order valence-electron chi connectivity index (χ3n) is 1.40. The van der Waals surface area contributed by atoms with Crippen LogP contribution in [0, 0.1) is 0 Å². The summed E-state index contributed by atoms with van der Waals surface area (Å²) in [4.78, 5) is 18.7. The highest BCUT2D eigenvalue weighted by atomic mass is 32.1. The van der Waals surface area contributed by atoms with Crippen LogP contribution in [-0.4, -0.2) is 21.0 Å². The molecule has 0 aliphatic rings. The van der Waals surface area contributed by atoms with Crippen molar-refractivity contribution < 1.29 is 9.90 Å². The Morgan fingerprint density at radius 3 is 3.17 bits per heavy atom. The van der Waals surface area contributed by atoms with Crippen molar-refractivity contribution in [3.05, 3.63) is 23.5 Å². The van der Waals surface area contributed by atoms with E-state index >= 15 is 0 Å². The molecule has 0 amide bonds. The van der Waals surface area contributed by atoms with E-state index in [-0.39, 0.29) is 5.82 Å². The lowest BCUT2D eigenvalue weighted by molar-refractivity contribution is 0.0684. The summed E-state index contributed by atoms with van der Waals surface area (Å²) in [5.41, 5.74) is 0. The van der Waals surface area contributed by atoms with E-state index in [1.54, 1.807) is 0 Å². The zero-order chi connectivity index (χ0) is 8.55. The van der Waals surface area contributed by atoms with Crippen LogP contribution in [0.2, 0.25) is 0 Å². The fourth-order valence-electron chi connectivity index (χ4n) is 0.859. The summed E-state index contributed by atoms with van der Waals surface area (Å²) in [5.74, 6) is -1.24. The van der Waals surface area contributed by atoms with Crippen molar-refractivity contribution in [3.63, 3.8) is 0 Å². The van der Waals surface area contributed by atoms with E-state index in [1.165, 1.54) is 17.5 Å². The number of rotatable bonds is 1. The molecule has 0 radical (unpaired) electrons. The molecule has 2 aromatic rings. The second-order valence-electron chi connectivity index (χ2n) is 2.18. The first-order chi connectivity index (χ1) is 5.77. The molecule has 2 heterocycles. The molecule has 2 aromatic heterocycles. The van der Waals surface area contributed by atoms with Gasteiger partial charge in [0.2, 0.25) is 5.82 Å². The highest BCUT2D eigenvalue weighted by Gasteiger charge is 2.06. The number of aromatic nitrogens is 2. The minimum Gasteiger partial charge on any atom is -0.475 e. The molecule has 0 bridgehead atoms. The van der Waals surface area contributed by atoms with E-state index in [0.29, 0.717) is 4.83 Å². The third-order valence-corrected chi connectivity index (χ3v) is 2.22. The molecule has 1 N–H and O–H groups in total. The second kappa shape index (κ2) is 2.53. The van der Waals surface area contributed by atoms with Gasteiger partial charge in [0.1, 0.15) is 4.83 Å². The van der Waals surface area contributed by atoms with Crippen LogP contribution in [0.3, 0.4) is 0 Å². The predicted molar refractivity (Wildman–Crippen MR) is 44.4 cm³/mol.